The number of hydrogen-bond donors (Lipinski definition) is 0. The van der Waals surface area contributed by atoms with Gasteiger partial charge in [-0.2, -0.15) is 0 Å². The second kappa shape index (κ2) is 12.0. The standard InChI is InChI=1S/C20H38O2/c1-3-5-7-9-11-13-15-17-20(18-19(21)22-20)16-14-12-10-8-6-4-2/h3-18H2,1-2H3. The molecule has 130 valence electrons. The van der Waals surface area contributed by atoms with Crippen molar-refractivity contribution in [2.75, 3.05) is 0 Å². The summed E-state index contributed by atoms with van der Waals surface area (Å²) in [6.45, 7) is 4.52. The molecule has 1 heterocycles. The van der Waals surface area contributed by atoms with Crippen LogP contribution in [0, 0.1) is 0 Å². The van der Waals surface area contributed by atoms with Crippen molar-refractivity contribution in [3.8, 4) is 0 Å². The Morgan fingerprint density at radius 1 is 0.727 bits per heavy atom. The van der Waals surface area contributed by atoms with Crippen molar-refractivity contribution < 1.29 is 9.53 Å². The van der Waals surface area contributed by atoms with Crippen LogP contribution in [0.5, 0.6) is 0 Å². The molecule has 0 bridgehead atoms. The van der Waals surface area contributed by atoms with Gasteiger partial charge in [0.05, 0.1) is 6.42 Å². The van der Waals surface area contributed by atoms with Crippen LogP contribution in [0.4, 0.5) is 0 Å². The van der Waals surface area contributed by atoms with Crippen molar-refractivity contribution in [1.82, 2.24) is 0 Å². The van der Waals surface area contributed by atoms with Crippen LogP contribution in [0.25, 0.3) is 0 Å². The lowest BCUT2D eigenvalue weighted by Crippen LogP contribution is -2.47. The Morgan fingerprint density at radius 3 is 1.45 bits per heavy atom. The maximum Gasteiger partial charge on any atom is 0.310 e. The van der Waals surface area contributed by atoms with Crippen molar-refractivity contribution in [3.63, 3.8) is 0 Å². The molecular weight excluding hydrogens is 272 g/mol. The Hall–Kier alpha value is -0.530. The molecule has 1 aliphatic heterocycles. The number of esters is 1. The Bertz CT molecular complexity index is 277. The smallest absolute Gasteiger partial charge is 0.310 e. The summed E-state index contributed by atoms with van der Waals surface area (Å²) >= 11 is 0. The van der Waals surface area contributed by atoms with Crippen LogP contribution < -0.4 is 0 Å². The molecule has 0 radical (unpaired) electrons. The summed E-state index contributed by atoms with van der Waals surface area (Å²) in [5.41, 5.74) is -0.0642. The second-order valence-corrected chi connectivity index (χ2v) is 7.22. The summed E-state index contributed by atoms with van der Waals surface area (Å²) in [6, 6.07) is 0. The van der Waals surface area contributed by atoms with E-state index in [4.69, 9.17) is 4.74 Å². The number of rotatable bonds is 15. The van der Waals surface area contributed by atoms with Gasteiger partial charge in [-0.15, -0.1) is 0 Å². The molecule has 0 aromatic carbocycles. The highest BCUT2D eigenvalue weighted by molar-refractivity contribution is 5.76. The van der Waals surface area contributed by atoms with Crippen LogP contribution in [-0.4, -0.2) is 11.6 Å². The zero-order valence-corrected chi connectivity index (χ0v) is 15.1. The Labute approximate surface area is 138 Å². The third-order valence-electron chi connectivity index (χ3n) is 5.02. The predicted octanol–water partition coefficient (Wildman–Crippen LogP) is 6.56. The molecule has 0 amide bonds. The normalized spacial score (nSPS) is 20.7. The van der Waals surface area contributed by atoms with Gasteiger partial charge in [0.15, 0.2) is 0 Å². The van der Waals surface area contributed by atoms with Crippen molar-refractivity contribution in [3.05, 3.63) is 0 Å². The van der Waals surface area contributed by atoms with E-state index in [0.29, 0.717) is 6.42 Å². The van der Waals surface area contributed by atoms with Gasteiger partial charge in [-0.3, -0.25) is 4.79 Å². The summed E-state index contributed by atoms with van der Waals surface area (Å²) in [5, 5.41) is 0. The molecule has 0 N–H and O–H groups in total. The van der Waals surface area contributed by atoms with Crippen LogP contribution >= 0.6 is 0 Å². The highest BCUT2D eigenvalue weighted by Gasteiger charge is 2.44. The van der Waals surface area contributed by atoms with Crippen molar-refractivity contribution in [1.29, 1.82) is 0 Å². The quantitative estimate of drug-likeness (QED) is 0.253. The predicted molar refractivity (Wildman–Crippen MR) is 94.0 cm³/mol. The molecule has 0 aliphatic carbocycles. The van der Waals surface area contributed by atoms with E-state index in [0.717, 1.165) is 12.8 Å². The Balaban J connectivity index is 2.06. The summed E-state index contributed by atoms with van der Waals surface area (Å²) < 4.78 is 5.56. The summed E-state index contributed by atoms with van der Waals surface area (Å²) in [5.74, 6) is 0.0222. The van der Waals surface area contributed by atoms with Gasteiger partial charge in [0.2, 0.25) is 0 Å². The van der Waals surface area contributed by atoms with Gasteiger partial charge in [0.1, 0.15) is 5.60 Å². The van der Waals surface area contributed by atoms with E-state index in [1.165, 1.54) is 83.5 Å². The molecule has 0 saturated carbocycles. The molecule has 2 heteroatoms. The van der Waals surface area contributed by atoms with Gasteiger partial charge in [0, 0.05) is 0 Å². The minimum absolute atomic E-state index is 0.0222. The molecule has 1 aliphatic rings. The minimum atomic E-state index is -0.0642. The molecule has 1 saturated heterocycles. The second-order valence-electron chi connectivity index (χ2n) is 7.22. The van der Waals surface area contributed by atoms with Crippen molar-refractivity contribution in [2.24, 2.45) is 0 Å². The van der Waals surface area contributed by atoms with Crippen LogP contribution in [0.1, 0.15) is 117 Å². The first-order chi connectivity index (χ1) is 10.7. The third kappa shape index (κ3) is 8.19. The van der Waals surface area contributed by atoms with E-state index in [9.17, 15) is 4.79 Å². The van der Waals surface area contributed by atoms with E-state index in [2.05, 4.69) is 13.8 Å². The van der Waals surface area contributed by atoms with Gasteiger partial charge >= 0.3 is 5.97 Å². The average molecular weight is 311 g/mol. The first-order valence-corrected chi connectivity index (χ1v) is 9.94. The first-order valence-electron chi connectivity index (χ1n) is 9.94. The monoisotopic (exact) mass is 310 g/mol. The number of ether oxygens (including phenoxy) is 1. The van der Waals surface area contributed by atoms with E-state index in [1.807, 2.05) is 0 Å². The number of unbranched alkanes of at least 4 members (excludes halogenated alkanes) is 11. The largest absolute Gasteiger partial charge is 0.458 e. The fourth-order valence-electron chi connectivity index (χ4n) is 3.53. The maximum atomic E-state index is 11.3. The third-order valence-corrected chi connectivity index (χ3v) is 5.02. The molecule has 1 unspecified atom stereocenters. The van der Waals surface area contributed by atoms with Crippen LogP contribution in [0.2, 0.25) is 0 Å². The SMILES string of the molecule is CCCCCCCCCC1(CCCCCCCC)CC(=O)O1. The highest BCUT2D eigenvalue weighted by Crippen LogP contribution is 2.38. The lowest BCUT2D eigenvalue weighted by molar-refractivity contribution is -0.194. The molecule has 1 atom stereocenters. The molecule has 22 heavy (non-hydrogen) atoms. The van der Waals surface area contributed by atoms with Crippen LogP contribution in [0.3, 0.4) is 0 Å². The van der Waals surface area contributed by atoms with Gasteiger partial charge < -0.3 is 4.74 Å². The van der Waals surface area contributed by atoms with E-state index >= 15 is 0 Å². The number of carbonyl (C=O) groups is 1. The number of cyclic esters (lactones) is 1. The van der Waals surface area contributed by atoms with Gasteiger partial charge in [0.25, 0.3) is 0 Å². The van der Waals surface area contributed by atoms with E-state index in [-0.39, 0.29) is 11.6 Å². The topological polar surface area (TPSA) is 26.3 Å². The molecule has 1 rings (SSSR count). The average Bonchev–Trinajstić information content (AvgIpc) is 2.48. The molecule has 0 aromatic rings. The van der Waals surface area contributed by atoms with E-state index < -0.39 is 0 Å². The molecule has 0 spiro atoms. The van der Waals surface area contributed by atoms with E-state index in [1.54, 1.807) is 0 Å². The highest BCUT2D eigenvalue weighted by atomic mass is 16.6. The summed E-state index contributed by atoms with van der Waals surface area (Å²) in [6.07, 6.45) is 20.1. The fraction of sp³-hybridized carbons (Fsp3) is 0.950. The molecule has 0 aromatic heterocycles. The molecule has 1 fully saturated rings. The lowest BCUT2D eigenvalue weighted by atomic mass is 9.83. The van der Waals surface area contributed by atoms with Crippen molar-refractivity contribution >= 4 is 5.97 Å². The lowest BCUT2D eigenvalue weighted by Gasteiger charge is -2.41. The van der Waals surface area contributed by atoms with Crippen molar-refractivity contribution in [2.45, 2.75) is 122 Å². The summed E-state index contributed by atoms with van der Waals surface area (Å²) in [7, 11) is 0. The fourth-order valence-corrected chi connectivity index (χ4v) is 3.53. The van der Waals surface area contributed by atoms with Gasteiger partial charge in [-0.1, -0.05) is 84.5 Å². The van der Waals surface area contributed by atoms with Gasteiger partial charge in [-0.05, 0) is 25.7 Å². The first kappa shape index (κ1) is 19.5. The Kier molecular flexibility index (Phi) is 10.6. The molecule has 2 nitrogen and oxygen atoms in total. The zero-order valence-electron chi connectivity index (χ0n) is 15.1. The number of carbonyl (C=O) groups excluding carboxylic acids is 1. The minimum Gasteiger partial charge on any atom is -0.458 e. The molecular formula is C20H38O2. The zero-order chi connectivity index (χ0) is 16.1. The van der Waals surface area contributed by atoms with Crippen LogP contribution in [-0.2, 0) is 9.53 Å². The Morgan fingerprint density at radius 2 is 1.09 bits per heavy atom. The summed E-state index contributed by atoms with van der Waals surface area (Å²) in [4.78, 5) is 11.3. The van der Waals surface area contributed by atoms with Gasteiger partial charge in [-0.25, -0.2) is 0 Å². The van der Waals surface area contributed by atoms with Crippen LogP contribution in [0.15, 0.2) is 0 Å². The number of hydrogen-bond acceptors (Lipinski definition) is 2. The maximum absolute atomic E-state index is 11.3.